The fourth-order valence-electron chi connectivity index (χ4n) is 1.91. The van der Waals surface area contributed by atoms with Crippen molar-refractivity contribution in [3.05, 3.63) is 46.8 Å². The lowest BCUT2D eigenvalue weighted by molar-refractivity contribution is 0.0743. The minimum atomic E-state index is -0.190. The van der Waals surface area contributed by atoms with E-state index in [2.05, 4.69) is 10.1 Å². The number of fused-ring (bicyclic) bond motifs is 1. The molecule has 0 radical (unpaired) electrons. The van der Waals surface area contributed by atoms with E-state index in [1.807, 2.05) is 24.3 Å². The maximum atomic E-state index is 12.1. The fourth-order valence-corrected chi connectivity index (χ4v) is 2.94. The molecular formula is C14H13N3O2S. The van der Waals surface area contributed by atoms with Gasteiger partial charge in [-0.05, 0) is 19.1 Å². The van der Waals surface area contributed by atoms with Crippen molar-refractivity contribution in [1.29, 1.82) is 0 Å². The van der Waals surface area contributed by atoms with Crippen LogP contribution in [0.25, 0.3) is 10.2 Å². The summed E-state index contributed by atoms with van der Waals surface area (Å²) < 4.78 is 6.11. The minimum absolute atomic E-state index is 0.190. The van der Waals surface area contributed by atoms with Gasteiger partial charge in [0.05, 0.1) is 22.5 Å². The number of hydrogen-bond donors (Lipinski definition) is 0. The van der Waals surface area contributed by atoms with Gasteiger partial charge in [-0.15, -0.1) is 11.3 Å². The Morgan fingerprint density at radius 3 is 2.90 bits per heavy atom. The first-order chi connectivity index (χ1) is 9.63. The fraction of sp³-hybridized carbons (Fsp3) is 0.214. The number of hydrogen-bond acceptors (Lipinski definition) is 5. The standard InChI is InChI=1S/C14H13N3O2S/c1-9-7-11(19-16-9)14(18)17(2)8-13-15-10-5-3-4-6-12(10)20-13/h3-7H,8H2,1-2H3. The molecule has 2 aromatic heterocycles. The average molecular weight is 287 g/mol. The van der Waals surface area contributed by atoms with E-state index in [0.29, 0.717) is 12.2 Å². The lowest BCUT2D eigenvalue weighted by atomic mass is 10.3. The molecule has 6 heteroatoms. The monoisotopic (exact) mass is 287 g/mol. The van der Waals surface area contributed by atoms with E-state index in [1.165, 1.54) is 0 Å². The van der Waals surface area contributed by atoms with Crippen molar-refractivity contribution in [3.63, 3.8) is 0 Å². The van der Waals surface area contributed by atoms with E-state index >= 15 is 0 Å². The Bertz CT molecular complexity index is 729. The van der Waals surface area contributed by atoms with Gasteiger partial charge < -0.3 is 9.42 Å². The Hall–Kier alpha value is -2.21. The van der Waals surface area contributed by atoms with Gasteiger partial charge >= 0.3 is 0 Å². The van der Waals surface area contributed by atoms with Gasteiger partial charge in [0.2, 0.25) is 5.76 Å². The summed E-state index contributed by atoms with van der Waals surface area (Å²) >= 11 is 1.59. The molecule has 0 unspecified atom stereocenters. The molecule has 20 heavy (non-hydrogen) atoms. The summed E-state index contributed by atoms with van der Waals surface area (Å²) in [5.74, 6) is 0.0657. The molecule has 1 aromatic carbocycles. The highest BCUT2D eigenvalue weighted by Gasteiger charge is 2.18. The highest BCUT2D eigenvalue weighted by atomic mass is 32.1. The number of thiazole rings is 1. The summed E-state index contributed by atoms with van der Waals surface area (Å²) in [6.45, 7) is 2.24. The Morgan fingerprint density at radius 2 is 2.20 bits per heavy atom. The number of aryl methyl sites for hydroxylation is 1. The quantitative estimate of drug-likeness (QED) is 0.743. The van der Waals surface area contributed by atoms with Gasteiger partial charge in [-0.1, -0.05) is 17.3 Å². The number of para-hydroxylation sites is 1. The average Bonchev–Trinajstić information content (AvgIpc) is 3.03. The third-order valence-electron chi connectivity index (χ3n) is 2.90. The zero-order valence-corrected chi connectivity index (χ0v) is 12.0. The van der Waals surface area contributed by atoms with Crippen LogP contribution in [0.5, 0.6) is 0 Å². The third kappa shape index (κ3) is 2.42. The number of amides is 1. The van der Waals surface area contributed by atoms with Crippen molar-refractivity contribution in [3.8, 4) is 0 Å². The molecule has 3 rings (SSSR count). The first-order valence-corrected chi connectivity index (χ1v) is 6.98. The van der Waals surface area contributed by atoms with Crippen molar-refractivity contribution < 1.29 is 9.32 Å². The number of nitrogens with zero attached hydrogens (tertiary/aromatic N) is 3. The first-order valence-electron chi connectivity index (χ1n) is 6.17. The summed E-state index contributed by atoms with van der Waals surface area (Å²) in [5.41, 5.74) is 1.66. The zero-order valence-electron chi connectivity index (χ0n) is 11.2. The maximum Gasteiger partial charge on any atom is 0.292 e. The molecule has 0 aliphatic rings. The molecule has 102 valence electrons. The molecule has 0 fully saturated rings. The van der Waals surface area contributed by atoms with E-state index in [0.717, 1.165) is 15.2 Å². The minimum Gasteiger partial charge on any atom is -0.351 e. The first kappa shape index (κ1) is 12.8. The highest BCUT2D eigenvalue weighted by molar-refractivity contribution is 7.18. The zero-order chi connectivity index (χ0) is 14.1. The summed E-state index contributed by atoms with van der Waals surface area (Å²) in [6, 6.07) is 9.57. The summed E-state index contributed by atoms with van der Waals surface area (Å²) in [7, 11) is 1.73. The van der Waals surface area contributed by atoms with Crippen LogP contribution in [0.1, 0.15) is 21.3 Å². The number of carbonyl (C=O) groups is 1. The largest absolute Gasteiger partial charge is 0.351 e. The van der Waals surface area contributed by atoms with Crippen LogP contribution in [0.2, 0.25) is 0 Å². The second-order valence-corrected chi connectivity index (χ2v) is 5.68. The van der Waals surface area contributed by atoms with E-state index in [1.54, 1.807) is 36.3 Å². The predicted molar refractivity (Wildman–Crippen MR) is 76.7 cm³/mol. The van der Waals surface area contributed by atoms with Crippen LogP contribution in [-0.2, 0) is 6.54 Å². The van der Waals surface area contributed by atoms with Crippen LogP contribution >= 0.6 is 11.3 Å². The van der Waals surface area contributed by atoms with Gasteiger partial charge in [-0.25, -0.2) is 4.98 Å². The molecule has 0 bridgehead atoms. The van der Waals surface area contributed by atoms with Gasteiger partial charge in [0.25, 0.3) is 5.91 Å². The van der Waals surface area contributed by atoms with E-state index in [-0.39, 0.29) is 11.7 Å². The Kier molecular flexibility index (Phi) is 3.23. The van der Waals surface area contributed by atoms with Gasteiger partial charge in [0.1, 0.15) is 5.01 Å². The molecule has 0 aliphatic carbocycles. The lowest BCUT2D eigenvalue weighted by Crippen LogP contribution is -2.25. The van der Waals surface area contributed by atoms with E-state index < -0.39 is 0 Å². The maximum absolute atomic E-state index is 12.1. The number of aromatic nitrogens is 2. The van der Waals surface area contributed by atoms with Crippen molar-refractivity contribution in [2.24, 2.45) is 0 Å². The lowest BCUT2D eigenvalue weighted by Gasteiger charge is -2.12. The number of rotatable bonds is 3. The number of benzene rings is 1. The molecule has 0 aliphatic heterocycles. The molecular weight excluding hydrogens is 274 g/mol. The Balaban J connectivity index is 1.78. The molecule has 5 nitrogen and oxygen atoms in total. The van der Waals surface area contributed by atoms with Gasteiger partial charge in [0.15, 0.2) is 0 Å². The Labute approximate surface area is 119 Å². The molecule has 2 heterocycles. The van der Waals surface area contributed by atoms with Crippen molar-refractivity contribution in [2.45, 2.75) is 13.5 Å². The van der Waals surface area contributed by atoms with Crippen molar-refractivity contribution in [1.82, 2.24) is 15.0 Å². The van der Waals surface area contributed by atoms with E-state index in [4.69, 9.17) is 4.52 Å². The molecule has 0 saturated carbocycles. The predicted octanol–water partition coefficient (Wildman–Crippen LogP) is 2.86. The van der Waals surface area contributed by atoms with E-state index in [9.17, 15) is 4.79 Å². The van der Waals surface area contributed by atoms with Crippen molar-refractivity contribution in [2.75, 3.05) is 7.05 Å². The third-order valence-corrected chi connectivity index (χ3v) is 3.92. The van der Waals surface area contributed by atoms with Crippen LogP contribution in [0, 0.1) is 6.92 Å². The molecule has 0 N–H and O–H groups in total. The van der Waals surface area contributed by atoms with Gasteiger partial charge in [-0.2, -0.15) is 0 Å². The Morgan fingerprint density at radius 1 is 1.40 bits per heavy atom. The van der Waals surface area contributed by atoms with Crippen LogP contribution in [0.15, 0.2) is 34.9 Å². The number of carbonyl (C=O) groups excluding carboxylic acids is 1. The normalized spacial score (nSPS) is 10.9. The summed E-state index contributed by atoms with van der Waals surface area (Å²) in [6.07, 6.45) is 0. The van der Waals surface area contributed by atoms with Crippen LogP contribution < -0.4 is 0 Å². The smallest absolute Gasteiger partial charge is 0.292 e. The van der Waals surface area contributed by atoms with Crippen molar-refractivity contribution >= 4 is 27.5 Å². The van der Waals surface area contributed by atoms with Crippen LogP contribution in [0.3, 0.4) is 0 Å². The molecule has 0 spiro atoms. The second-order valence-electron chi connectivity index (χ2n) is 4.57. The molecule has 0 atom stereocenters. The second kappa shape index (κ2) is 5.05. The molecule has 3 aromatic rings. The van der Waals surface area contributed by atoms with Gasteiger partial charge in [0, 0.05) is 13.1 Å². The van der Waals surface area contributed by atoms with Gasteiger partial charge in [-0.3, -0.25) is 4.79 Å². The summed E-state index contributed by atoms with van der Waals surface area (Å²) in [4.78, 5) is 18.2. The van der Waals surface area contributed by atoms with Crippen LogP contribution in [-0.4, -0.2) is 28.0 Å². The highest BCUT2D eigenvalue weighted by Crippen LogP contribution is 2.22. The SMILES string of the molecule is Cc1cc(C(=O)N(C)Cc2nc3ccccc3s2)on1. The molecule has 0 saturated heterocycles. The topological polar surface area (TPSA) is 59.2 Å². The summed E-state index contributed by atoms with van der Waals surface area (Å²) in [5, 5.41) is 4.63. The van der Waals surface area contributed by atoms with Crippen LogP contribution in [0.4, 0.5) is 0 Å². The molecule has 1 amide bonds.